The second kappa shape index (κ2) is 16.9. The Morgan fingerprint density at radius 2 is 1.78 bits per heavy atom. The largest absolute Gasteiger partial charge is 0.396 e. The van der Waals surface area contributed by atoms with Crippen LogP contribution in [0.4, 0.5) is 0 Å². The van der Waals surface area contributed by atoms with Crippen LogP contribution in [0.25, 0.3) is 0 Å². The average Bonchev–Trinajstić information content (AvgIpc) is 3.55. The van der Waals surface area contributed by atoms with Crippen molar-refractivity contribution in [2.75, 3.05) is 13.2 Å². The smallest absolute Gasteiger partial charge is 0.182 e. The quantitative estimate of drug-likeness (QED) is 0.125. The standard InChI is InChI=1S/C51H79N3O9/c1-6-8-28-10-13-30-27(3)46(63-37(30)18-11-28)47(60)49(5,61)38-20-21-51(62)42-40-29(23-48(38,51)4)12-14-31(32-16-19-39(52)54-35(32)9-7-22-55)34-17-15-33-41(45(59)43(42)53-25-26(2)56)50(34,40)24-36(57)44(33)58/h12,14,16,19,26-31,33-34,36-41,44,46-47,53-58,60-62H,6-11,13,15,17-18,20-25,52H2,1-5H3/t26-,27-,28+,29+,30-,31+,33+,34+,36-,37+,38-,39?,40-,41-,44+,46+,47+,48+,49+,50-,51+/m0/s1. The zero-order valence-electron chi connectivity index (χ0n) is 38.5. The summed E-state index contributed by atoms with van der Waals surface area (Å²) in [7, 11) is 0. The van der Waals surface area contributed by atoms with Gasteiger partial charge in [0.05, 0.1) is 53.6 Å². The fourth-order valence-electron chi connectivity index (χ4n) is 16.8. The number of Topliss-reactive ketones (excluding diaryl/α,β-unsaturated/α-hetero) is 1. The second-order valence-corrected chi connectivity index (χ2v) is 22.6. The van der Waals surface area contributed by atoms with E-state index in [2.05, 4.69) is 42.7 Å². The third-order valence-corrected chi connectivity index (χ3v) is 19.4. The van der Waals surface area contributed by atoms with Gasteiger partial charge in [-0.15, -0.1) is 0 Å². The van der Waals surface area contributed by atoms with Crippen LogP contribution in [0.15, 0.2) is 46.8 Å². The maximum atomic E-state index is 15.7. The van der Waals surface area contributed by atoms with Crippen LogP contribution in [0.1, 0.15) is 125 Å². The number of allylic oxidation sites excluding steroid dienone is 6. The summed E-state index contributed by atoms with van der Waals surface area (Å²) in [6.07, 6.45) is 14.0. The van der Waals surface area contributed by atoms with Gasteiger partial charge in [-0.2, -0.15) is 0 Å². The molecule has 0 radical (unpaired) electrons. The summed E-state index contributed by atoms with van der Waals surface area (Å²) >= 11 is 0. The zero-order valence-corrected chi connectivity index (χ0v) is 38.5. The predicted octanol–water partition coefficient (Wildman–Crippen LogP) is 4.11. The molecule has 7 aliphatic carbocycles. The van der Waals surface area contributed by atoms with Crippen LogP contribution in [0.2, 0.25) is 0 Å². The summed E-state index contributed by atoms with van der Waals surface area (Å²) in [5.74, 6) is -1.80. The monoisotopic (exact) mass is 878 g/mol. The van der Waals surface area contributed by atoms with Gasteiger partial charge >= 0.3 is 0 Å². The molecule has 2 bridgehead atoms. The van der Waals surface area contributed by atoms with Crippen LogP contribution in [0.3, 0.4) is 0 Å². The van der Waals surface area contributed by atoms with Crippen LogP contribution in [0.5, 0.6) is 0 Å². The van der Waals surface area contributed by atoms with E-state index < -0.39 is 76.2 Å². The molecule has 12 nitrogen and oxygen atoms in total. The molecule has 352 valence electrons. The number of fused-ring (bicyclic) bond motifs is 3. The van der Waals surface area contributed by atoms with Gasteiger partial charge in [0.2, 0.25) is 0 Å². The summed E-state index contributed by atoms with van der Waals surface area (Å²) in [5.41, 5.74) is 4.24. The first-order valence-corrected chi connectivity index (χ1v) is 25.0. The third-order valence-electron chi connectivity index (χ3n) is 19.4. The first kappa shape index (κ1) is 46.0. The molecule has 9 rings (SSSR count). The van der Waals surface area contributed by atoms with Crippen LogP contribution in [0, 0.1) is 70.0 Å². The van der Waals surface area contributed by atoms with Gasteiger partial charge in [-0.1, -0.05) is 58.3 Å². The van der Waals surface area contributed by atoms with Gasteiger partial charge in [0, 0.05) is 36.1 Å². The highest BCUT2D eigenvalue weighted by molar-refractivity contribution is 6.00. The summed E-state index contributed by atoms with van der Waals surface area (Å²) in [6.45, 7) is 9.98. The Bertz CT molecular complexity index is 1880. The second-order valence-electron chi connectivity index (χ2n) is 22.6. The lowest BCUT2D eigenvalue weighted by atomic mass is 9.36. The Morgan fingerprint density at radius 1 is 1.03 bits per heavy atom. The molecule has 2 aliphatic heterocycles. The van der Waals surface area contributed by atoms with Gasteiger partial charge in [0.15, 0.2) is 5.78 Å². The number of nitrogens with two attached hydrogens (primary N) is 1. The molecule has 1 unspecified atom stereocenters. The topological polar surface area (TPSA) is 218 Å². The van der Waals surface area contributed by atoms with Crippen LogP contribution in [-0.4, -0.2) is 109 Å². The van der Waals surface area contributed by atoms with Crippen LogP contribution < -0.4 is 16.4 Å². The fourth-order valence-corrected chi connectivity index (χ4v) is 16.8. The number of hydrogen-bond donors (Lipinski definition) is 10. The lowest BCUT2D eigenvalue weighted by Crippen LogP contribution is -2.71. The van der Waals surface area contributed by atoms with Crippen molar-refractivity contribution < 1.29 is 45.3 Å². The van der Waals surface area contributed by atoms with Crippen molar-refractivity contribution in [1.82, 2.24) is 10.6 Å². The first-order chi connectivity index (χ1) is 29.9. The van der Waals surface area contributed by atoms with Crippen LogP contribution in [-0.2, 0) is 9.53 Å². The van der Waals surface area contributed by atoms with E-state index in [9.17, 15) is 35.7 Å². The van der Waals surface area contributed by atoms with Crippen molar-refractivity contribution in [3.8, 4) is 0 Å². The maximum Gasteiger partial charge on any atom is 0.182 e. The Kier molecular flexibility index (Phi) is 12.3. The Hall–Kier alpha value is -2.13. The van der Waals surface area contributed by atoms with E-state index in [0.29, 0.717) is 61.6 Å². The van der Waals surface area contributed by atoms with E-state index in [0.717, 1.165) is 37.0 Å². The van der Waals surface area contributed by atoms with E-state index >= 15 is 4.79 Å². The molecule has 1 saturated heterocycles. The number of aliphatic hydroxyl groups is 7. The molecule has 6 fully saturated rings. The molecule has 21 atom stereocenters. The van der Waals surface area contributed by atoms with Gasteiger partial charge in [-0.3, -0.25) is 4.79 Å². The van der Waals surface area contributed by atoms with E-state index in [1.807, 2.05) is 13.0 Å². The molecule has 12 heteroatoms. The summed E-state index contributed by atoms with van der Waals surface area (Å²) < 4.78 is 6.80. The number of nitrogens with one attached hydrogen (secondary N) is 2. The third kappa shape index (κ3) is 6.95. The highest BCUT2D eigenvalue weighted by Crippen LogP contribution is 2.76. The molecule has 2 heterocycles. The molecule has 0 aromatic heterocycles. The molecule has 0 aromatic rings. The van der Waals surface area contributed by atoms with E-state index in [1.54, 1.807) is 13.8 Å². The lowest BCUT2D eigenvalue weighted by Gasteiger charge is -2.69. The summed E-state index contributed by atoms with van der Waals surface area (Å²) in [4.78, 5) is 15.7. The summed E-state index contributed by atoms with van der Waals surface area (Å²) in [6, 6.07) is 0. The number of hydrogen-bond acceptors (Lipinski definition) is 12. The molecule has 5 saturated carbocycles. The molecule has 63 heavy (non-hydrogen) atoms. The lowest BCUT2D eigenvalue weighted by molar-refractivity contribution is -0.224. The number of ether oxygens (including phenoxy) is 1. The van der Waals surface area contributed by atoms with E-state index in [-0.39, 0.29) is 67.7 Å². The molecule has 0 aromatic carbocycles. The molecule has 9 aliphatic rings. The van der Waals surface area contributed by atoms with Crippen molar-refractivity contribution in [3.63, 3.8) is 0 Å². The SMILES string of the molecule is CCC[C@@H]1CC[C@H]2[C@H](C)[C@H]([C@@H](O)[C@](C)(O)[C@H]3CC[C@@]4(O)C5=C(NC[C@H](C)O)C(=O)[C@@H]6[C@H]7CC[C@@H]8[C@@H](C9=C(CCCO)NC(N)C=C9)C=C[C@H](C[C@]34C)[C@@H]5[C@]86C[C@H](O)[C@@H]7O)O[C@@H]2CC1. The number of aliphatic hydroxyl groups excluding tert-OH is 5. The van der Waals surface area contributed by atoms with Crippen molar-refractivity contribution in [2.24, 2.45) is 75.7 Å². The fraction of sp³-hybridized carbons (Fsp3) is 0.824. The number of dihydropyridines is 1. The van der Waals surface area contributed by atoms with Gasteiger partial charge < -0.3 is 56.8 Å². The van der Waals surface area contributed by atoms with Crippen molar-refractivity contribution in [2.45, 2.75) is 179 Å². The molecule has 1 spiro atoms. The number of carbonyl (C=O) groups is 1. The normalized spacial score (nSPS) is 48.3. The number of carbonyl (C=O) groups excluding carboxylic acids is 1. The van der Waals surface area contributed by atoms with Gasteiger partial charge in [-0.25, -0.2) is 0 Å². The maximum absolute atomic E-state index is 15.7. The average molecular weight is 878 g/mol. The Balaban J connectivity index is 1.16. The Labute approximate surface area is 374 Å². The van der Waals surface area contributed by atoms with Crippen molar-refractivity contribution in [3.05, 3.63) is 46.8 Å². The van der Waals surface area contributed by atoms with E-state index in [4.69, 9.17) is 10.5 Å². The van der Waals surface area contributed by atoms with Crippen LogP contribution >= 0.6 is 0 Å². The molecular formula is C51H79N3O9. The predicted molar refractivity (Wildman–Crippen MR) is 239 cm³/mol. The number of ketones is 1. The molecule has 0 amide bonds. The minimum Gasteiger partial charge on any atom is -0.396 e. The first-order valence-electron chi connectivity index (χ1n) is 25.0. The minimum absolute atomic E-state index is 0.0252. The zero-order chi connectivity index (χ0) is 45.0. The minimum atomic E-state index is -1.66. The summed E-state index contributed by atoms with van der Waals surface area (Å²) in [5, 5.41) is 90.6. The van der Waals surface area contributed by atoms with Gasteiger partial charge in [0.25, 0.3) is 0 Å². The highest BCUT2D eigenvalue weighted by Gasteiger charge is 2.76. The molecule has 11 N–H and O–H groups in total. The van der Waals surface area contributed by atoms with E-state index in [1.165, 1.54) is 12.8 Å². The highest BCUT2D eigenvalue weighted by atomic mass is 16.5. The van der Waals surface area contributed by atoms with Gasteiger partial charge in [0.1, 0.15) is 6.10 Å². The molecular weight excluding hydrogens is 799 g/mol. The van der Waals surface area contributed by atoms with Gasteiger partial charge in [-0.05, 0) is 154 Å². The van der Waals surface area contributed by atoms with Crippen molar-refractivity contribution >= 4 is 5.78 Å². The Morgan fingerprint density at radius 3 is 2.51 bits per heavy atom. The number of rotatable bonds is 12. The van der Waals surface area contributed by atoms with Crippen molar-refractivity contribution in [1.29, 1.82) is 0 Å².